The van der Waals surface area contributed by atoms with Gasteiger partial charge in [0.15, 0.2) is 0 Å². The number of cyclic esters (lactones) is 1. The van der Waals surface area contributed by atoms with Crippen LogP contribution in [0, 0.1) is 12.3 Å². The van der Waals surface area contributed by atoms with Gasteiger partial charge in [0.05, 0.1) is 24.3 Å². The van der Waals surface area contributed by atoms with Crippen LogP contribution >= 0.6 is 11.6 Å². The van der Waals surface area contributed by atoms with Gasteiger partial charge in [0.1, 0.15) is 6.10 Å². The maximum absolute atomic E-state index is 13.6. The van der Waals surface area contributed by atoms with Crippen LogP contribution in [0.4, 0.5) is 18.0 Å². The Morgan fingerprint density at radius 1 is 1.18 bits per heavy atom. The highest BCUT2D eigenvalue weighted by molar-refractivity contribution is 6.33. The van der Waals surface area contributed by atoms with E-state index in [0.717, 1.165) is 35.3 Å². The van der Waals surface area contributed by atoms with E-state index in [4.69, 9.17) is 21.1 Å². The quantitative estimate of drug-likeness (QED) is 0.277. The van der Waals surface area contributed by atoms with E-state index in [9.17, 15) is 27.9 Å². The first-order chi connectivity index (χ1) is 21.1. The molecule has 2 aromatic carbocycles. The van der Waals surface area contributed by atoms with Crippen molar-refractivity contribution in [2.45, 2.75) is 65.3 Å². The van der Waals surface area contributed by atoms with E-state index < -0.39 is 35.9 Å². The minimum Gasteiger partial charge on any atom is -0.481 e. The van der Waals surface area contributed by atoms with Gasteiger partial charge in [-0.2, -0.15) is 13.2 Å². The molecule has 3 aromatic rings. The van der Waals surface area contributed by atoms with Crippen LogP contribution in [0.25, 0.3) is 16.7 Å². The van der Waals surface area contributed by atoms with Gasteiger partial charge in [-0.3, -0.25) is 4.90 Å². The van der Waals surface area contributed by atoms with E-state index in [0.29, 0.717) is 41.0 Å². The minimum absolute atomic E-state index is 0.0650. The van der Waals surface area contributed by atoms with E-state index in [2.05, 4.69) is 18.8 Å². The number of pyridine rings is 1. The number of aryl methyl sites for hydroxylation is 1. The third-order valence-corrected chi connectivity index (χ3v) is 8.89. The van der Waals surface area contributed by atoms with Crippen molar-refractivity contribution >= 4 is 29.2 Å². The van der Waals surface area contributed by atoms with Gasteiger partial charge >= 0.3 is 18.2 Å². The lowest BCUT2D eigenvalue weighted by Crippen LogP contribution is -2.35. The zero-order chi connectivity index (χ0) is 32.8. The minimum atomic E-state index is -4.52. The highest BCUT2D eigenvalue weighted by atomic mass is 35.5. The Kier molecular flexibility index (Phi) is 8.65. The van der Waals surface area contributed by atoms with Crippen molar-refractivity contribution in [3.8, 4) is 17.0 Å². The summed E-state index contributed by atoms with van der Waals surface area (Å²) in [6.45, 7) is 7.89. The van der Waals surface area contributed by atoms with Crippen LogP contribution in [0.2, 0.25) is 5.02 Å². The average molecular weight is 643 g/mol. The molecule has 1 amide bonds. The van der Waals surface area contributed by atoms with Crippen LogP contribution < -0.4 is 4.74 Å². The number of benzene rings is 2. The lowest BCUT2D eigenvalue weighted by Gasteiger charge is -2.35. The Labute approximate surface area is 264 Å². The van der Waals surface area contributed by atoms with E-state index in [1.165, 1.54) is 19.2 Å². The lowest BCUT2D eigenvalue weighted by molar-refractivity contribution is -0.137. The molecule has 1 aliphatic heterocycles. The zero-order valence-electron chi connectivity index (χ0n) is 25.6. The molecular weight excluding hydrogens is 609 g/mol. The standard InChI is InChI=1S/C34H34ClF3N2O5/c1-18-10-21(12-24(11-18)34(36,37)38)29-19(2)40(32(43)45-29)17-23-15-33(3,4)9-8-25(23)27-13-22(16-39-30(27)44-5)26-7-6-20(31(41)42)14-28(26)35/h6-7,10-14,16,19,29H,8-9,15,17H2,1-5H3,(H,41,42)/t19-,29-/m0/s1. The zero-order valence-corrected chi connectivity index (χ0v) is 26.3. The fraction of sp³-hybridized carbons (Fsp3) is 0.382. The Morgan fingerprint density at radius 2 is 1.91 bits per heavy atom. The van der Waals surface area contributed by atoms with Crippen molar-refractivity contribution in [1.29, 1.82) is 0 Å². The number of ether oxygens (including phenoxy) is 2. The Bertz CT molecular complexity index is 1700. The Morgan fingerprint density at radius 3 is 2.56 bits per heavy atom. The number of carbonyl (C=O) groups is 2. The van der Waals surface area contributed by atoms with Gasteiger partial charge in [0.25, 0.3) is 0 Å². The molecule has 2 atom stereocenters. The molecule has 0 unspecified atom stereocenters. The SMILES string of the molecule is COc1ncc(-c2ccc(C(=O)O)cc2Cl)cc1C1=C(CN2C(=O)O[C@H](c3cc(C)cc(C(F)(F)F)c3)[C@@H]2C)CC(C)(C)CC1. The number of nitrogens with zero attached hydrogens (tertiary/aromatic N) is 2. The lowest BCUT2D eigenvalue weighted by atomic mass is 9.72. The fourth-order valence-corrected chi connectivity index (χ4v) is 6.55. The molecule has 2 aliphatic rings. The van der Waals surface area contributed by atoms with E-state index in [-0.39, 0.29) is 22.5 Å². The van der Waals surface area contributed by atoms with Crippen LogP contribution in [0.15, 0.2) is 54.2 Å². The average Bonchev–Trinajstić information content (AvgIpc) is 3.24. The summed E-state index contributed by atoms with van der Waals surface area (Å²) in [4.78, 5) is 30.8. The molecule has 11 heteroatoms. The molecule has 1 saturated heterocycles. The van der Waals surface area contributed by atoms with Gasteiger partial charge in [-0.05, 0) is 85.6 Å². The van der Waals surface area contributed by atoms with Gasteiger partial charge in [0, 0.05) is 34.5 Å². The first kappa shape index (κ1) is 32.3. The van der Waals surface area contributed by atoms with Crippen molar-refractivity contribution in [3.63, 3.8) is 0 Å². The summed E-state index contributed by atoms with van der Waals surface area (Å²) in [6.07, 6.45) is -2.19. The van der Waals surface area contributed by atoms with Gasteiger partial charge in [-0.15, -0.1) is 0 Å². The Balaban J connectivity index is 1.54. The van der Waals surface area contributed by atoms with Crippen LogP contribution in [-0.4, -0.2) is 46.7 Å². The molecule has 0 spiro atoms. The third kappa shape index (κ3) is 6.66. The van der Waals surface area contributed by atoms with E-state index >= 15 is 0 Å². The van der Waals surface area contributed by atoms with Crippen molar-refractivity contribution in [1.82, 2.24) is 9.88 Å². The molecule has 2 heterocycles. The first-order valence-electron chi connectivity index (χ1n) is 14.5. The molecule has 0 saturated carbocycles. The molecule has 1 aromatic heterocycles. The van der Waals surface area contributed by atoms with Crippen molar-refractivity contribution in [2.75, 3.05) is 13.7 Å². The molecular formula is C34H34ClF3N2O5. The molecule has 238 valence electrons. The molecule has 45 heavy (non-hydrogen) atoms. The number of carbonyl (C=O) groups excluding carboxylic acids is 1. The number of carboxylic acid groups (broad SMARTS) is 1. The number of aromatic carboxylic acids is 1. The van der Waals surface area contributed by atoms with Crippen LogP contribution in [0.1, 0.15) is 78.7 Å². The summed E-state index contributed by atoms with van der Waals surface area (Å²) in [6, 6.07) is 9.62. The molecule has 1 aliphatic carbocycles. The fourth-order valence-electron chi connectivity index (χ4n) is 6.26. The topological polar surface area (TPSA) is 89.0 Å². The van der Waals surface area contributed by atoms with Gasteiger partial charge in [-0.1, -0.05) is 43.1 Å². The maximum atomic E-state index is 13.6. The smallest absolute Gasteiger partial charge is 0.416 e. The number of amides is 1. The second-order valence-electron chi connectivity index (χ2n) is 12.5. The largest absolute Gasteiger partial charge is 0.481 e. The summed E-state index contributed by atoms with van der Waals surface area (Å²) in [7, 11) is 1.52. The van der Waals surface area contributed by atoms with Gasteiger partial charge in [-0.25, -0.2) is 14.6 Å². The number of hydrogen-bond donors (Lipinski definition) is 1. The summed E-state index contributed by atoms with van der Waals surface area (Å²) >= 11 is 6.49. The number of aromatic nitrogens is 1. The highest BCUT2D eigenvalue weighted by Gasteiger charge is 2.42. The summed E-state index contributed by atoms with van der Waals surface area (Å²) in [5.74, 6) is -0.699. The Hall–Kier alpha value is -4.05. The number of rotatable bonds is 7. The second kappa shape index (κ2) is 12.0. The number of halogens is 4. The summed E-state index contributed by atoms with van der Waals surface area (Å²) in [5.41, 5.74) is 3.86. The highest BCUT2D eigenvalue weighted by Crippen LogP contribution is 2.46. The molecule has 1 fully saturated rings. The predicted octanol–water partition coefficient (Wildman–Crippen LogP) is 8.98. The van der Waals surface area contributed by atoms with Crippen molar-refractivity contribution in [2.24, 2.45) is 5.41 Å². The maximum Gasteiger partial charge on any atom is 0.416 e. The first-order valence-corrected chi connectivity index (χ1v) is 14.9. The normalized spacial score (nSPS) is 19.9. The predicted molar refractivity (Wildman–Crippen MR) is 164 cm³/mol. The number of alkyl halides is 3. The van der Waals surface area contributed by atoms with Crippen molar-refractivity contribution in [3.05, 3.63) is 87.1 Å². The van der Waals surface area contributed by atoms with Gasteiger partial charge < -0.3 is 14.6 Å². The second-order valence-corrected chi connectivity index (χ2v) is 12.9. The number of allylic oxidation sites excluding steroid dienone is 1. The summed E-state index contributed by atoms with van der Waals surface area (Å²) < 4.78 is 52.1. The van der Waals surface area contributed by atoms with Gasteiger partial charge in [0.2, 0.25) is 5.88 Å². The molecule has 1 N–H and O–H groups in total. The van der Waals surface area contributed by atoms with Crippen LogP contribution in [0.5, 0.6) is 5.88 Å². The van der Waals surface area contributed by atoms with Crippen LogP contribution in [0.3, 0.4) is 0 Å². The number of carboxylic acids is 1. The molecule has 0 bridgehead atoms. The number of hydrogen-bond acceptors (Lipinski definition) is 5. The third-order valence-electron chi connectivity index (χ3n) is 8.58. The van der Waals surface area contributed by atoms with Crippen LogP contribution in [-0.2, 0) is 10.9 Å². The monoisotopic (exact) mass is 642 g/mol. The van der Waals surface area contributed by atoms with Crippen molar-refractivity contribution < 1.29 is 37.3 Å². The van der Waals surface area contributed by atoms with E-state index in [1.807, 2.05) is 6.07 Å². The molecule has 7 nitrogen and oxygen atoms in total. The van der Waals surface area contributed by atoms with E-state index in [1.54, 1.807) is 37.1 Å². The number of methoxy groups -OCH3 is 1. The molecule has 0 radical (unpaired) electrons. The molecule has 5 rings (SSSR count). The summed E-state index contributed by atoms with van der Waals surface area (Å²) in [5, 5.41) is 9.60.